The number of piperidine rings is 1. The molecule has 2 aromatic rings. The van der Waals surface area contributed by atoms with Crippen LogP contribution in [0.15, 0.2) is 60.7 Å². The molecule has 0 bridgehead atoms. The van der Waals surface area contributed by atoms with Crippen LogP contribution in [0.2, 0.25) is 0 Å². The van der Waals surface area contributed by atoms with E-state index < -0.39 is 12.1 Å². The molecule has 1 aliphatic heterocycles. The van der Waals surface area contributed by atoms with E-state index >= 15 is 0 Å². The van der Waals surface area contributed by atoms with Gasteiger partial charge in [-0.25, -0.2) is 0 Å². The van der Waals surface area contributed by atoms with Gasteiger partial charge in [-0.15, -0.1) is 0 Å². The van der Waals surface area contributed by atoms with Crippen LogP contribution in [-0.2, 0) is 9.59 Å². The van der Waals surface area contributed by atoms with Gasteiger partial charge in [0.25, 0.3) is 0 Å². The zero-order chi connectivity index (χ0) is 26.5. The van der Waals surface area contributed by atoms with Crippen LogP contribution in [-0.4, -0.2) is 23.0 Å². The first kappa shape index (κ1) is 25.6. The molecule has 2 amide bonds. The summed E-state index contributed by atoms with van der Waals surface area (Å²) in [4.78, 5) is 26.2. The van der Waals surface area contributed by atoms with Gasteiger partial charge in [0.1, 0.15) is 6.10 Å². The molecular weight excluding hydrogens is 472 g/mol. The van der Waals surface area contributed by atoms with Crippen molar-refractivity contribution in [2.45, 2.75) is 83.4 Å². The third-order valence-corrected chi connectivity index (χ3v) is 11.3. The molecule has 2 aromatic carbocycles. The maximum Gasteiger partial charge on any atom is 0.224 e. The fourth-order valence-corrected chi connectivity index (χ4v) is 9.23. The number of amides is 2. The SMILES string of the molecule is C[C@]12CCC(=O)NC1CC[C@@H]1[C@H]2CC[C@]2(C)C(C(=O)N[C@H](c3ccccc3)[C@H](O)c3ccccc3)CC[C@@H]12. The predicted molar refractivity (Wildman–Crippen MR) is 148 cm³/mol. The minimum Gasteiger partial charge on any atom is -0.386 e. The molecular formula is C33H42N2O3. The Morgan fingerprint density at radius 2 is 1.53 bits per heavy atom. The lowest BCUT2D eigenvalue weighted by atomic mass is 9.47. The molecule has 1 saturated heterocycles. The Kier molecular flexibility index (Phi) is 6.62. The first-order chi connectivity index (χ1) is 18.3. The molecule has 0 radical (unpaired) electrons. The first-order valence-electron chi connectivity index (χ1n) is 14.7. The second kappa shape index (κ2) is 9.82. The quantitative estimate of drug-likeness (QED) is 0.478. The molecule has 5 nitrogen and oxygen atoms in total. The number of hydrogen-bond acceptors (Lipinski definition) is 3. The molecule has 0 spiro atoms. The average molecular weight is 515 g/mol. The van der Waals surface area contributed by atoms with E-state index in [2.05, 4.69) is 24.5 Å². The van der Waals surface area contributed by atoms with Gasteiger partial charge in [0, 0.05) is 18.4 Å². The topological polar surface area (TPSA) is 78.4 Å². The zero-order valence-corrected chi connectivity index (χ0v) is 22.7. The predicted octanol–water partition coefficient (Wildman–Crippen LogP) is 5.71. The highest BCUT2D eigenvalue weighted by atomic mass is 16.3. The third kappa shape index (κ3) is 4.18. The highest BCUT2D eigenvalue weighted by Gasteiger charge is 2.61. The number of carbonyl (C=O) groups excluding carboxylic acids is 2. The van der Waals surface area contributed by atoms with Crippen LogP contribution in [0, 0.1) is 34.5 Å². The van der Waals surface area contributed by atoms with Gasteiger partial charge in [0.15, 0.2) is 0 Å². The van der Waals surface area contributed by atoms with Gasteiger partial charge in [-0.3, -0.25) is 9.59 Å². The highest BCUT2D eigenvalue weighted by molar-refractivity contribution is 5.80. The van der Waals surface area contributed by atoms with Crippen LogP contribution in [0.4, 0.5) is 0 Å². The Labute approximate surface area is 226 Å². The maximum atomic E-state index is 14.0. The molecule has 3 aliphatic carbocycles. The summed E-state index contributed by atoms with van der Waals surface area (Å²) in [6.07, 6.45) is 7.24. The van der Waals surface area contributed by atoms with Crippen LogP contribution >= 0.6 is 0 Å². The minimum atomic E-state index is -0.819. The second-order valence-electron chi connectivity index (χ2n) is 13.0. The van der Waals surface area contributed by atoms with Gasteiger partial charge < -0.3 is 15.7 Å². The summed E-state index contributed by atoms with van der Waals surface area (Å²) in [6, 6.07) is 19.3. The lowest BCUT2D eigenvalue weighted by Crippen LogP contribution is -2.61. The van der Waals surface area contributed by atoms with Crippen molar-refractivity contribution in [1.29, 1.82) is 0 Å². The van der Waals surface area contributed by atoms with Crippen molar-refractivity contribution in [2.24, 2.45) is 34.5 Å². The zero-order valence-electron chi connectivity index (χ0n) is 22.7. The van der Waals surface area contributed by atoms with Crippen molar-refractivity contribution in [2.75, 3.05) is 0 Å². The van der Waals surface area contributed by atoms with E-state index in [9.17, 15) is 14.7 Å². The average Bonchev–Trinajstić information content (AvgIpc) is 3.30. The molecule has 9 atom stereocenters. The van der Waals surface area contributed by atoms with Gasteiger partial charge in [0.2, 0.25) is 11.8 Å². The fourth-order valence-electron chi connectivity index (χ4n) is 9.23. The number of benzene rings is 2. The molecule has 5 heteroatoms. The van der Waals surface area contributed by atoms with Crippen molar-refractivity contribution >= 4 is 11.8 Å². The monoisotopic (exact) mass is 514 g/mol. The van der Waals surface area contributed by atoms with Crippen LogP contribution in [0.3, 0.4) is 0 Å². The Balaban J connectivity index is 1.22. The van der Waals surface area contributed by atoms with E-state index in [1.54, 1.807) is 0 Å². The molecule has 1 heterocycles. The van der Waals surface area contributed by atoms with Crippen LogP contribution in [0.1, 0.15) is 88.5 Å². The van der Waals surface area contributed by atoms with Gasteiger partial charge in [-0.05, 0) is 84.7 Å². The first-order valence-corrected chi connectivity index (χ1v) is 14.7. The van der Waals surface area contributed by atoms with Crippen LogP contribution in [0.25, 0.3) is 0 Å². The lowest BCUT2D eigenvalue weighted by molar-refractivity contribution is -0.142. The maximum absolute atomic E-state index is 14.0. The second-order valence-corrected chi connectivity index (χ2v) is 13.0. The number of aliphatic hydroxyl groups excluding tert-OH is 1. The highest BCUT2D eigenvalue weighted by Crippen LogP contribution is 2.65. The molecule has 4 aliphatic rings. The normalized spacial score (nSPS) is 37.7. The largest absolute Gasteiger partial charge is 0.386 e. The van der Waals surface area contributed by atoms with Gasteiger partial charge >= 0.3 is 0 Å². The smallest absolute Gasteiger partial charge is 0.224 e. The minimum absolute atomic E-state index is 0.0225. The molecule has 38 heavy (non-hydrogen) atoms. The number of aliphatic hydroxyl groups is 1. The molecule has 6 rings (SSSR count). The van der Waals surface area contributed by atoms with Gasteiger partial charge in [-0.2, -0.15) is 0 Å². The van der Waals surface area contributed by atoms with Crippen molar-refractivity contribution in [3.05, 3.63) is 71.8 Å². The number of nitrogens with one attached hydrogen (secondary N) is 2. The number of carbonyl (C=O) groups is 2. The van der Waals surface area contributed by atoms with Crippen LogP contribution < -0.4 is 10.6 Å². The van der Waals surface area contributed by atoms with E-state index in [4.69, 9.17) is 0 Å². The van der Waals surface area contributed by atoms with Crippen molar-refractivity contribution in [3.63, 3.8) is 0 Å². The van der Waals surface area contributed by atoms with Crippen LogP contribution in [0.5, 0.6) is 0 Å². The van der Waals surface area contributed by atoms with Crippen molar-refractivity contribution in [1.82, 2.24) is 10.6 Å². The van der Waals surface area contributed by atoms with Gasteiger partial charge in [-0.1, -0.05) is 74.5 Å². The van der Waals surface area contributed by atoms with E-state index in [-0.39, 0.29) is 28.6 Å². The number of rotatable bonds is 5. The summed E-state index contributed by atoms with van der Waals surface area (Å²) in [5, 5.41) is 18.0. The number of fused-ring (bicyclic) bond motifs is 5. The Morgan fingerprint density at radius 1 is 0.868 bits per heavy atom. The summed E-state index contributed by atoms with van der Waals surface area (Å²) in [5.41, 5.74) is 1.88. The molecule has 202 valence electrons. The fraction of sp³-hybridized carbons (Fsp3) is 0.576. The number of hydrogen-bond donors (Lipinski definition) is 3. The molecule has 3 N–H and O–H groups in total. The standard InChI is InChI=1S/C33H42N2O3/c1-32-19-17-25-23(13-16-27-33(25,2)20-18-28(36)34-27)24(32)14-15-26(32)31(38)35-29(21-9-5-3-6-10-21)30(37)22-11-7-4-8-12-22/h3-12,23-27,29-30,37H,13-20H2,1-2H3,(H,34,36)(H,35,38)/t23-,24-,25+,26?,27?,29+,30+,32-,33+/m0/s1. The summed E-state index contributed by atoms with van der Waals surface area (Å²) in [5.74, 6) is 2.05. The Bertz CT molecular complexity index is 1170. The third-order valence-electron chi connectivity index (χ3n) is 11.3. The summed E-state index contributed by atoms with van der Waals surface area (Å²) in [7, 11) is 0. The summed E-state index contributed by atoms with van der Waals surface area (Å²) in [6.45, 7) is 4.79. The lowest BCUT2D eigenvalue weighted by Gasteiger charge is -2.60. The summed E-state index contributed by atoms with van der Waals surface area (Å²) >= 11 is 0. The van der Waals surface area contributed by atoms with Crippen molar-refractivity contribution in [3.8, 4) is 0 Å². The van der Waals surface area contributed by atoms with Gasteiger partial charge in [0.05, 0.1) is 6.04 Å². The van der Waals surface area contributed by atoms with E-state index in [0.717, 1.165) is 56.1 Å². The van der Waals surface area contributed by atoms with E-state index in [1.807, 2.05) is 60.7 Å². The van der Waals surface area contributed by atoms with E-state index in [0.29, 0.717) is 30.2 Å². The Morgan fingerprint density at radius 3 is 2.24 bits per heavy atom. The molecule has 3 saturated carbocycles. The molecule has 0 aromatic heterocycles. The van der Waals surface area contributed by atoms with E-state index in [1.165, 1.54) is 0 Å². The molecule has 2 unspecified atom stereocenters. The molecule has 4 fully saturated rings. The van der Waals surface area contributed by atoms with Crippen molar-refractivity contribution < 1.29 is 14.7 Å². The summed E-state index contributed by atoms with van der Waals surface area (Å²) < 4.78 is 0. The Hall–Kier alpha value is -2.66.